The van der Waals surface area contributed by atoms with Crippen LogP contribution in [0.3, 0.4) is 0 Å². The van der Waals surface area contributed by atoms with Crippen molar-refractivity contribution in [3.8, 4) is 11.5 Å². The third kappa shape index (κ3) is 9.13. The van der Waals surface area contributed by atoms with Crippen LogP contribution in [0.15, 0.2) is 132 Å². The highest BCUT2D eigenvalue weighted by Crippen LogP contribution is 2.42. The van der Waals surface area contributed by atoms with Gasteiger partial charge in [-0.05, 0) is 90.6 Å². The Labute approximate surface area is 326 Å². The number of carbonyl (C=O) groups is 1. The van der Waals surface area contributed by atoms with E-state index in [1.54, 1.807) is 14.2 Å². The molecule has 1 atom stereocenters. The molecule has 6 rings (SSSR count). The van der Waals surface area contributed by atoms with Crippen LogP contribution in [-0.4, -0.2) is 62.7 Å². The highest BCUT2D eigenvalue weighted by Gasteiger charge is 2.40. The summed E-state index contributed by atoms with van der Waals surface area (Å²) < 4.78 is 18.1. The standard InChI is InChI=1S/C43H44ClN5O6/c1-47(35-19-17-34(18-20-35)45-46-41-26-21-36(49(51)52)29-40(41)44)27-8-12-42(50)48-28-7-11-37(48)30-55-43(31-9-5-4-6-10-31,32-13-22-38(53-2)23-14-32)33-15-24-39(54-3)25-16-33/h4-6,9-10,13-26,29,37H,7-8,11-12,27-28,30H2,1-3H3/t37-/m0/s1. The number of ether oxygens (including phenoxy) is 3. The van der Waals surface area contributed by atoms with E-state index in [4.69, 9.17) is 25.8 Å². The van der Waals surface area contributed by atoms with E-state index in [1.807, 2.05) is 103 Å². The lowest BCUT2D eigenvalue weighted by atomic mass is 9.80. The molecule has 5 aromatic rings. The molecule has 1 amide bonds. The van der Waals surface area contributed by atoms with Crippen molar-refractivity contribution in [1.29, 1.82) is 0 Å². The highest BCUT2D eigenvalue weighted by atomic mass is 35.5. The van der Waals surface area contributed by atoms with E-state index in [0.717, 1.165) is 46.7 Å². The fourth-order valence-electron chi connectivity index (χ4n) is 6.95. The van der Waals surface area contributed by atoms with E-state index >= 15 is 0 Å². The predicted octanol–water partition coefficient (Wildman–Crippen LogP) is 9.90. The molecule has 0 bridgehead atoms. The van der Waals surface area contributed by atoms with Gasteiger partial charge in [0.2, 0.25) is 5.91 Å². The number of halogens is 1. The zero-order valence-electron chi connectivity index (χ0n) is 31.1. The third-order valence-corrected chi connectivity index (χ3v) is 10.3. The van der Waals surface area contributed by atoms with Gasteiger partial charge in [0.15, 0.2) is 0 Å². The Balaban J connectivity index is 1.10. The number of azo groups is 1. The number of amides is 1. The summed E-state index contributed by atoms with van der Waals surface area (Å²) in [7, 11) is 5.30. The van der Waals surface area contributed by atoms with Crippen molar-refractivity contribution in [2.75, 3.05) is 45.9 Å². The van der Waals surface area contributed by atoms with Crippen LogP contribution in [-0.2, 0) is 15.1 Å². The molecule has 1 aliphatic rings. The fraction of sp³-hybridized carbons (Fsp3) is 0.279. The minimum Gasteiger partial charge on any atom is -0.497 e. The van der Waals surface area contributed by atoms with Crippen LogP contribution in [0.2, 0.25) is 5.02 Å². The van der Waals surface area contributed by atoms with Gasteiger partial charge in [-0.1, -0.05) is 66.2 Å². The highest BCUT2D eigenvalue weighted by molar-refractivity contribution is 6.33. The number of nitro benzene ring substituents is 1. The Hall–Kier alpha value is -5.78. The van der Waals surface area contributed by atoms with Gasteiger partial charge in [-0.3, -0.25) is 14.9 Å². The van der Waals surface area contributed by atoms with Crippen LogP contribution in [0.25, 0.3) is 0 Å². The van der Waals surface area contributed by atoms with Gasteiger partial charge < -0.3 is 24.0 Å². The second-order valence-electron chi connectivity index (χ2n) is 13.3. The summed E-state index contributed by atoms with van der Waals surface area (Å²) in [5.41, 5.74) is 3.75. The summed E-state index contributed by atoms with van der Waals surface area (Å²) in [4.78, 5) is 28.3. The largest absolute Gasteiger partial charge is 0.497 e. The minimum atomic E-state index is -0.950. The molecule has 1 fully saturated rings. The maximum Gasteiger partial charge on any atom is 0.271 e. The number of hydrogen-bond donors (Lipinski definition) is 0. The Morgan fingerprint density at radius 2 is 1.49 bits per heavy atom. The molecule has 0 radical (unpaired) electrons. The Morgan fingerprint density at radius 1 is 0.873 bits per heavy atom. The summed E-state index contributed by atoms with van der Waals surface area (Å²) in [5.74, 6) is 1.63. The Bertz CT molecular complexity index is 2030. The van der Waals surface area contributed by atoms with Crippen molar-refractivity contribution < 1.29 is 23.9 Å². The number of carbonyl (C=O) groups excluding carboxylic acids is 1. The summed E-state index contributed by atoms with van der Waals surface area (Å²) in [6.45, 7) is 1.75. The third-order valence-electron chi connectivity index (χ3n) is 9.95. The topological polar surface area (TPSA) is 119 Å². The van der Waals surface area contributed by atoms with E-state index in [0.29, 0.717) is 43.9 Å². The SMILES string of the molecule is COc1ccc(C(OC[C@@H]2CCCN2C(=O)CCCN(C)c2ccc(N=Nc3ccc([N+](=O)[O-])cc3Cl)cc2)(c2ccccc2)c2ccc(OC)cc2)cc1. The average Bonchev–Trinajstić information content (AvgIpc) is 3.70. The molecule has 1 heterocycles. The molecule has 0 N–H and O–H groups in total. The number of nitro groups is 1. The molecule has 55 heavy (non-hydrogen) atoms. The summed E-state index contributed by atoms with van der Waals surface area (Å²) in [6.07, 6.45) is 2.89. The van der Waals surface area contributed by atoms with Crippen molar-refractivity contribution in [3.63, 3.8) is 0 Å². The van der Waals surface area contributed by atoms with Gasteiger partial charge in [-0.25, -0.2) is 0 Å². The number of likely N-dealkylation sites (tertiary alicyclic amines) is 1. The molecule has 0 aliphatic carbocycles. The quantitative estimate of drug-likeness (QED) is 0.0425. The molecule has 0 saturated carbocycles. The minimum absolute atomic E-state index is 0.0626. The van der Waals surface area contributed by atoms with Crippen molar-refractivity contribution in [2.24, 2.45) is 10.2 Å². The van der Waals surface area contributed by atoms with E-state index < -0.39 is 10.5 Å². The summed E-state index contributed by atoms with van der Waals surface area (Å²) in [6, 6.07) is 37.7. The molecule has 284 valence electrons. The monoisotopic (exact) mass is 761 g/mol. The van der Waals surface area contributed by atoms with Gasteiger partial charge in [0.25, 0.3) is 5.69 Å². The van der Waals surface area contributed by atoms with Gasteiger partial charge >= 0.3 is 0 Å². The molecular formula is C43H44ClN5O6. The van der Waals surface area contributed by atoms with Crippen LogP contribution < -0.4 is 14.4 Å². The molecule has 0 spiro atoms. The molecule has 1 aliphatic heterocycles. The lowest BCUT2D eigenvalue weighted by molar-refractivity contribution is -0.384. The number of nitrogens with zero attached hydrogens (tertiary/aromatic N) is 5. The second-order valence-corrected chi connectivity index (χ2v) is 13.7. The first-order valence-electron chi connectivity index (χ1n) is 18.2. The predicted molar refractivity (Wildman–Crippen MR) is 214 cm³/mol. The molecule has 12 heteroatoms. The lowest BCUT2D eigenvalue weighted by Crippen LogP contribution is -2.42. The molecular weight excluding hydrogens is 718 g/mol. The number of anilines is 1. The average molecular weight is 762 g/mol. The Morgan fingerprint density at radius 3 is 2.07 bits per heavy atom. The number of benzene rings is 5. The van der Waals surface area contributed by atoms with Gasteiger partial charge in [0.1, 0.15) is 22.8 Å². The van der Waals surface area contributed by atoms with Crippen LogP contribution >= 0.6 is 11.6 Å². The zero-order valence-corrected chi connectivity index (χ0v) is 31.9. The van der Waals surface area contributed by atoms with E-state index in [9.17, 15) is 14.9 Å². The van der Waals surface area contributed by atoms with E-state index in [1.165, 1.54) is 18.2 Å². The Kier molecular flexibility index (Phi) is 12.8. The van der Waals surface area contributed by atoms with E-state index in [2.05, 4.69) is 27.3 Å². The number of hydrogen-bond acceptors (Lipinski definition) is 9. The van der Waals surface area contributed by atoms with Crippen LogP contribution in [0.5, 0.6) is 11.5 Å². The maximum absolute atomic E-state index is 13.7. The number of methoxy groups -OCH3 is 2. The molecule has 0 aromatic heterocycles. The zero-order chi connectivity index (χ0) is 38.8. The fourth-order valence-corrected chi connectivity index (χ4v) is 7.16. The smallest absolute Gasteiger partial charge is 0.271 e. The second kappa shape index (κ2) is 18.0. The van der Waals surface area contributed by atoms with Gasteiger partial charge in [0, 0.05) is 44.4 Å². The molecule has 5 aromatic carbocycles. The normalized spacial score (nSPS) is 14.3. The van der Waals surface area contributed by atoms with Crippen molar-refractivity contribution in [2.45, 2.75) is 37.3 Å². The van der Waals surface area contributed by atoms with Crippen molar-refractivity contribution in [1.82, 2.24) is 4.90 Å². The van der Waals surface area contributed by atoms with Gasteiger partial charge in [0.05, 0.1) is 42.5 Å². The summed E-state index contributed by atoms with van der Waals surface area (Å²) in [5, 5.41) is 19.5. The first-order chi connectivity index (χ1) is 26.7. The van der Waals surface area contributed by atoms with Crippen molar-refractivity contribution >= 4 is 40.3 Å². The van der Waals surface area contributed by atoms with Crippen LogP contribution in [0.4, 0.5) is 22.7 Å². The molecule has 0 unspecified atom stereocenters. The number of non-ortho nitro benzene ring substituents is 1. The van der Waals surface area contributed by atoms with Crippen LogP contribution in [0.1, 0.15) is 42.4 Å². The lowest BCUT2D eigenvalue weighted by Gasteiger charge is -2.38. The first kappa shape index (κ1) is 38.9. The van der Waals surface area contributed by atoms with E-state index in [-0.39, 0.29) is 22.7 Å². The molecule has 11 nitrogen and oxygen atoms in total. The van der Waals surface area contributed by atoms with Crippen molar-refractivity contribution in [3.05, 3.63) is 153 Å². The first-order valence-corrected chi connectivity index (χ1v) is 18.5. The van der Waals surface area contributed by atoms with Crippen LogP contribution in [0, 0.1) is 10.1 Å². The number of rotatable bonds is 16. The van der Waals surface area contributed by atoms with Gasteiger partial charge in [-0.2, -0.15) is 5.11 Å². The molecule has 1 saturated heterocycles. The maximum atomic E-state index is 13.7. The summed E-state index contributed by atoms with van der Waals surface area (Å²) >= 11 is 6.14. The van der Waals surface area contributed by atoms with Gasteiger partial charge in [-0.15, -0.1) is 5.11 Å².